The lowest BCUT2D eigenvalue weighted by atomic mass is 10.0. The number of ether oxygens (including phenoxy) is 1. The van der Waals surface area contributed by atoms with Crippen LogP contribution in [0.1, 0.15) is 0 Å². The Morgan fingerprint density at radius 1 is 1.17 bits per heavy atom. The number of hydrogen-bond donors (Lipinski definition) is 3. The molecular weight excluding hydrogens is 318 g/mol. The Morgan fingerprint density at radius 3 is 2.50 bits per heavy atom. The molecule has 0 aliphatic carbocycles. The molecule has 24 heavy (non-hydrogen) atoms. The van der Waals surface area contributed by atoms with Gasteiger partial charge in [0.05, 0.1) is 18.4 Å². The number of carbonyl (C=O) groups excluding carboxylic acids is 1. The van der Waals surface area contributed by atoms with Crippen LogP contribution in [0.4, 0.5) is 19.3 Å². The Kier molecular flexibility index (Phi) is 6.22. The average Bonchev–Trinajstić information content (AvgIpc) is 2.56. The maximum atomic E-state index is 13.5. The second kappa shape index (κ2) is 8.37. The van der Waals surface area contributed by atoms with Crippen LogP contribution in [0, 0.1) is 11.6 Å². The summed E-state index contributed by atoms with van der Waals surface area (Å²) >= 11 is 0. The number of aliphatic hydroxyl groups excluding tert-OH is 1. The molecule has 0 aliphatic rings. The van der Waals surface area contributed by atoms with E-state index in [1.165, 1.54) is 49.6 Å². The molecule has 7 heteroatoms. The van der Waals surface area contributed by atoms with Crippen molar-refractivity contribution in [3.05, 3.63) is 54.1 Å². The number of methoxy groups -OCH3 is 1. The summed E-state index contributed by atoms with van der Waals surface area (Å²) in [5.74, 6) is -0.884. The quantitative estimate of drug-likeness (QED) is 0.760. The summed E-state index contributed by atoms with van der Waals surface area (Å²) in [5, 5.41) is 14.6. The molecular formula is C17H18F2N2O3. The van der Waals surface area contributed by atoms with E-state index in [0.29, 0.717) is 16.8 Å². The Bertz CT molecular complexity index is 693. The van der Waals surface area contributed by atoms with Gasteiger partial charge in [0.2, 0.25) is 0 Å². The van der Waals surface area contributed by atoms with Crippen LogP contribution in [0.5, 0.6) is 0 Å². The lowest BCUT2D eigenvalue weighted by Gasteiger charge is -2.14. The molecule has 0 heterocycles. The largest absolute Gasteiger partial charge is 0.389 e. The van der Waals surface area contributed by atoms with Gasteiger partial charge >= 0.3 is 6.03 Å². The van der Waals surface area contributed by atoms with Gasteiger partial charge in [0.15, 0.2) is 0 Å². The van der Waals surface area contributed by atoms with Crippen molar-refractivity contribution in [1.29, 1.82) is 0 Å². The number of benzene rings is 2. The van der Waals surface area contributed by atoms with Gasteiger partial charge in [0.1, 0.15) is 11.6 Å². The second-order valence-electron chi connectivity index (χ2n) is 5.14. The maximum Gasteiger partial charge on any atom is 0.319 e. The first kappa shape index (κ1) is 17.8. The first-order valence-corrected chi connectivity index (χ1v) is 7.27. The van der Waals surface area contributed by atoms with Crippen LogP contribution in [0.2, 0.25) is 0 Å². The Balaban J connectivity index is 2.12. The number of urea groups is 1. The molecule has 0 aromatic heterocycles. The van der Waals surface area contributed by atoms with Gasteiger partial charge in [-0.25, -0.2) is 13.6 Å². The van der Waals surface area contributed by atoms with E-state index in [1.807, 2.05) is 0 Å². The minimum atomic E-state index is -0.828. The fraction of sp³-hybridized carbons (Fsp3) is 0.235. The highest BCUT2D eigenvalue weighted by Crippen LogP contribution is 2.29. The van der Waals surface area contributed by atoms with Gasteiger partial charge in [-0.3, -0.25) is 0 Å². The molecule has 0 aliphatic heterocycles. The van der Waals surface area contributed by atoms with Crippen LogP contribution in [0.15, 0.2) is 42.5 Å². The van der Waals surface area contributed by atoms with Crippen molar-refractivity contribution < 1.29 is 23.4 Å². The Labute approximate surface area is 138 Å². The van der Waals surface area contributed by atoms with Crippen LogP contribution < -0.4 is 10.6 Å². The standard InChI is InChI=1S/C17H18F2N2O3/c1-24-10-14(22)9-20-17(23)21-16-7-6-13(19)8-15(16)11-2-4-12(18)5-3-11/h2-8,14,22H,9-10H2,1H3,(H2,20,21,23)/t14-/m0/s1. The predicted octanol–water partition coefficient (Wildman–Crippen LogP) is 2.76. The zero-order valence-electron chi connectivity index (χ0n) is 13.1. The van der Waals surface area contributed by atoms with Crippen molar-refractivity contribution in [2.24, 2.45) is 0 Å². The highest BCUT2D eigenvalue weighted by molar-refractivity contribution is 5.94. The molecule has 128 valence electrons. The molecule has 0 unspecified atom stereocenters. The van der Waals surface area contributed by atoms with Crippen molar-refractivity contribution >= 4 is 11.7 Å². The lowest BCUT2D eigenvalue weighted by molar-refractivity contribution is 0.0663. The monoisotopic (exact) mass is 336 g/mol. The lowest BCUT2D eigenvalue weighted by Crippen LogP contribution is -2.37. The number of nitrogens with one attached hydrogen (secondary N) is 2. The number of carbonyl (C=O) groups is 1. The van der Waals surface area contributed by atoms with E-state index < -0.39 is 23.8 Å². The van der Waals surface area contributed by atoms with E-state index in [4.69, 9.17) is 4.74 Å². The van der Waals surface area contributed by atoms with Gasteiger partial charge in [0.25, 0.3) is 0 Å². The summed E-state index contributed by atoms with van der Waals surface area (Å²) < 4.78 is 31.3. The molecule has 0 saturated heterocycles. The van der Waals surface area contributed by atoms with Crippen molar-refractivity contribution in [2.75, 3.05) is 25.6 Å². The fourth-order valence-corrected chi connectivity index (χ4v) is 2.12. The molecule has 0 fully saturated rings. The summed E-state index contributed by atoms with van der Waals surface area (Å²) in [5.41, 5.74) is 1.34. The number of amides is 2. The van der Waals surface area contributed by atoms with E-state index in [2.05, 4.69) is 10.6 Å². The molecule has 0 saturated carbocycles. The highest BCUT2D eigenvalue weighted by atomic mass is 19.1. The Hall–Kier alpha value is -2.51. The van der Waals surface area contributed by atoms with Crippen LogP contribution >= 0.6 is 0 Å². The molecule has 2 aromatic rings. The van der Waals surface area contributed by atoms with Gasteiger partial charge in [0, 0.05) is 19.2 Å². The molecule has 5 nitrogen and oxygen atoms in total. The molecule has 0 spiro atoms. The third-order valence-electron chi connectivity index (χ3n) is 3.24. The fourth-order valence-electron chi connectivity index (χ4n) is 2.12. The van der Waals surface area contributed by atoms with E-state index in [0.717, 1.165) is 0 Å². The predicted molar refractivity (Wildman–Crippen MR) is 86.7 cm³/mol. The molecule has 0 radical (unpaired) electrons. The SMILES string of the molecule is COC[C@@H](O)CNC(=O)Nc1ccc(F)cc1-c1ccc(F)cc1. The van der Waals surface area contributed by atoms with Gasteiger partial charge in [-0.05, 0) is 35.9 Å². The topological polar surface area (TPSA) is 70.6 Å². The van der Waals surface area contributed by atoms with E-state index in [1.54, 1.807) is 0 Å². The van der Waals surface area contributed by atoms with Crippen LogP contribution in [0.25, 0.3) is 11.1 Å². The minimum absolute atomic E-state index is 0.00670. The third-order valence-corrected chi connectivity index (χ3v) is 3.24. The molecule has 2 aromatic carbocycles. The summed E-state index contributed by atoms with van der Waals surface area (Å²) in [7, 11) is 1.44. The molecule has 1 atom stereocenters. The van der Waals surface area contributed by atoms with E-state index >= 15 is 0 Å². The van der Waals surface area contributed by atoms with Gasteiger partial charge < -0.3 is 20.5 Å². The number of anilines is 1. The highest BCUT2D eigenvalue weighted by Gasteiger charge is 2.11. The molecule has 0 bridgehead atoms. The third kappa shape index (κ3) is 5.00. The van der Waals surface area contributed by atoms with Gasteiger partial charge in [-0.2, -0.15) is 0 Å². The normalized spacial score (nSPS) is 11.8. The van der Waals surface area contributed by atoms with E-state index in [-0.39, 0.29) is 13.2 Å². The summed E-state index contributed by atoms with van der Waals surface area (Å²) in [6.45, 7) is 0.102. The summed E-state index contributed by atoms with van der Waals surface area (Å²) in [6.07, 6.45) is -0.828. The van der Waals surface area contributed by atoms with Gasteiger partial charge in [-0.1, -0.05) is 12.1 Å². The number of aliphatic hydroxyl groups is 1. The van der Waals surface area contributed by atoms with Gasteiger partial charge in [-0.15, -0.1) is 0 Å². The number of rotatable bonds is 6. The maximum absolute atomic E-state index is 13.5. The summed E-state index contributed by atoms with van der Waals surface area (Å²) in [4.78, 5) is 11.9. The van der Waals surface area contributed by atoms with Crippen molar-refractivity contribution in [1.82, 2.24) is 5.32 Å². The zero-order chi connectivity index (χ0) is 17.5. The summed E-state index contributed by atoms with van der Waals surface area (Å²) in [6, 6.07) is 8.83. The molecule has 2 amide bonds. The van der Waals surface area contributed by atoms with Crippen molar-refractivity contribution in [3.8, 4) is 11.1 Å². The van der Waals surface area contributed by atoms with Crippen molar-refractivity contribution in [2.45, 2.75) is 6.10 Å². The average molecular weight is 336 g/mol. The first-order chi connectivity index (χ1) is 11.5. The first-order valence-electron chi connectivity index (χ1n) is 7.27. The molecule has 3 N–H and O–H groups in total. The van der Waals surface area contributed by atoms with E-state index in [9.17, 15) is 18.7 Å². The number of hydrogen-bond acceptors (Lipinski definition) is 3. The second-order valence-corrected chi connectivity index (χ2v) is 5.14. The smallest absolute Gasteiger partial charge is 0.319 e. The van der Waals surface area contributed by atoms with Crippen molar-refractivity contribution in [3.63, 3.8) is 0 Å². The molecule has 2 rings (SSSR count). The zero-order valence-corrected chi connectivity index (χ0v) is 13.1. The Morgan fingerprint density at radius 2 is 1.83 bits per heavy atom. The van der Waals surface area contributed by atoms with Crippen LogP contribution in [-0.2, 0) is 4.74 Å². The van der Waals surface area contributed by atoms with Crippen LogP contribution in [-0.4, -0.2) is 37.5 Å². The number of halogens is 2. The minimum Gasteiger partial charge on any atom is -0.389 e. The van der Waals surface area contributed by atoms with Crippen LogP contribution in [0.3, 0.4) is 0 Å².